The summed E-state index contributed by atoms with van der Waals surface area (Å²) in [5.74, 6) is -0.192. The molecule has 0 fully saturated rings. The van der Waals surface area contributed by atoms with E-state index in [0.29, 0.717) is 0 Å². The Balaban J connectivity index is 1.70. The van der Waals surface area contributed by atoms with Crippen molar-refractivity contribution >= 4 is 46.5 Å². The summed E-state index contributed by atoms with van der Waals surface area (Å²) in [7, 11) is 0. The van der Waals surface area contributed by atoms with Crippen LogP contribution in [0.4, 0.5) is 5.69 Å². The van der Waals surface area contributed by atoms with E-state index in [4.69, 9.17) is 0 Å². The van der Waals surface area contributed by atoms with Crippen molar-refractivity contribution < 1.29 is 4.79 Å². The quantitative estimate of drug-likeness (QED) is 0.439. The molecule has 2 aromatic rings. The summed E-state index contributed by atoms with van der Waals surface area (Å²) in [6, 6.07) is 17.7. The van der Waals surface area contributed by atoms with Crippen LogP contribution < -0.4 is 10.7 Å². The number of anilines is 1. The van der Waals surface area contributed by atoms with Gasteiger partial charge in [0.1, 0.15) is 0 Å². The Kier molecular flexibility index (Phi) is 6.63. The third-order valence-corrected chi connectivity index (χ3v) is 3.45. The maximum atomic E-state index is 11.6. The van der Waals surface area contributed by atoms with E-state index in [-0.39, 0.29) is 12.5 Å². The number of nitrogens with zero attached hydrogens (tertiary/aromatic N) is 1. The van der Waals surface area contributed by atoms with E-state index in [1.165, 1.54) is 0 Å². The maximum Gasteiger partial charge on any atom is 0.259 e. The highest BCUT2D eigenvalue weighted by atomic mass is 127. The molecule has 0 unspecified atom stereocenters. The van der Waals surface area contributed by atoms with Gasteiger partial charge in [0.2, 0.25) is 0 Å². The molecule has 2 rings (SSSR count). The molecule has 0 radical (unpaired) electrons. The second-order valence-electron chi connectivity index (χ2n) is 4.44. The van der Waals surface area contributed by atoms with Crippen LogP contribution in [-0.4, -0.2) is 18.7 Å². The molecule has 22 heavy (non-hydrogen) atoms. The summed E-state index contributed by atoms with van der Waals surface area (Å²) < 4.78 is 1.16. The van der Waals surface area contributed by atoms with Crippen molar-refractivity contribution in [2.24, 2.45) is 5.10 Å². The molecular formula is C17H16IN3O. The number of benzene rings is 2. The van der Waals surface area contributed by atoms with Gasteiger partial charge < -0.3 is 5.32 Å². The van der Waals surface area contributed by atoms with Crippen LogP contribution in [0, 0.1) is 3.57 Å². The molecule has 2 aromatic carbocycles. The molecule has 0 saturated carbocycles. The Morgan fingerprint density at radius 3 is 2.55 bits per heavy atom. The van der Waals surface area contributed by atoms with Gasteiger partial charge in [-0.2, -0.15) is 5.10 Å². The van der Waals surface area contributed by atoms with Crippen molar-refractivity contribution in [1.82, 2.24) is 5.43 Å². The second kappa shape index (κ2) is 8.99. The van der Waals surface area contributed by atoms with E-state index >= 15 is 0 Å². The molecule has 0 aromatic heterocycles. The fraction of sp³-hybridized carbons (Fsp3) is 0.0588. The Bertz CT molecular complexity index is 651. The summed E-state index contributed by atoms with van der Waals surface area (Å²) in [6.07, 6.45) is 5.25. The van der Waals surface area contributed by atoms with Crippen LogP contribution in [0.3, 0.4) is 0 Å². The van der Waals surface area contributed by atoms with Gasteiger partial charge in [-0.3, -0.25) is 4.79 Å². The van der Waals surface area contributed by atoms with Crippen LogP contribution in [0.1, 0.15) is 5.56 Å². The van der Waals surface area contributed by atoms with Crippen molar-refractivity contribution in [1.29, 1.82) is 0 Å². The summed E-state index contributed by atoms with van der Waals surface area (Å²) in [5.41, 5.74) is 4.46. The van der Waals surface area contributed by atoms with Gasteiger partial charge in [0.15, 0.2) is 0 Å². The number of hydrazone groups is 1. The van der Waals surface area contributed by atoms with Crippen LogP contribution in [-0.2, 0) is 4.79 Å². The molecule has 1 amide bonds. The van der Waals surface area contributed by atoms with Gasteiger partial charge in [-0.1, -0.05) is 36.4 Å². The van der Waals surface area contributed by atoms with Gasteiger partial charge in [-0.25, -0.2) is 5.43 Å². The third-order valence-electron chi connectivity index (χ3n) is 2.74. The second-order valence-corrected chi connectivity index (χ2v) is 5.69. The minimum absolute atomic E-state index is 0.181. The first kappa shape index (κ1) is 16.2. The number of nitrogens with one attached hydrogen (secondary N) is 2. The van der Waals surface area contributed by atoms with Crippen molar-refractivity contribution in [3.63, 3.8) is 0 Å². The van der Waals surface area contributed by atoms with Gasteiger partial charge in [-0.15, -0.1) is 0 Å². The number of halogens is 1. The average Bonchev–Trinajstić information content (AvgIpc) is 2.55. The van der Waals surface area contributed by atoms with E-state index in [0.717, 1.165) is 14.8 Å². The largest absolute Gasteiger partial charge is 0.376 e. The molecule has 112 valence electrons. The normalized spacial score (nSPS) is 11.0. The topological polar surface area (TPSA) is 53.5 Å². The molecule has 5 heteroatoms. The summed E-state index contributed by atoms with van der Waals surface area (Å²) in [6.45, 7) is 0.181. The predicted octanol–water partition coefficient (Wildman–Crippen LogP) is 3.52. The number of amides is 1. The highest BCUT2D eigenvalue weighted by Crippen LogP contribution is 2.10. The lowest BCUT2D eigenvalue weighted by atomic mass is 10.2. The molecule has 4 nitrogen and oxygen atoms in total. The molecule has 0 aliphatic rings. The van der Waals surface area contributed by atoms with E-state index < -0.39 is 0 Å². The third kappa shape index (κ3) is 6.09. The lowest BCUT2D eigenvalue weighted by Gasteiger charge is -2.04. The molecule has 0 heterocycles. The number of allylic oxidation sites excluding steroid dienone is 1. The van der Waals surface area contributed by atoms with Crippen LogP contribution in [0.2, 0.25) is 0 Å². The minimum Gasteiger partial charge on any atom is -0.376 e. The van der Waals surface area contributed by atoms with Crippen LogP contribution in [0.25, 0.3) is 6.08 Å². The highest BCUT2D eigenvalue weighted by molar-refractivity contribution is 14.1. The standard InChI is InChI=1S/C17H16IN3O/c18-15-8-10-16(11-9-15)19-13-17(22)21-20-12-4-7-14-5-2-1-3-6-14/h1-12,19H,13H2,(H,21,22). The summed E-state index contributed by atoms with van der Waals surface area (Å²) in [5, 5.41) is 6.89. The number of carbonyl (C=O) groups is 1. The molecule has 0 aliphatic carbocycles. The summed E-state index contributed by atoms with van der Waals surface area (Å²) >= 11 is 2.24. The first-order valence-corrected chi connectivity index (χ1v) is 7.85. The maximum absolute atomic E-state index is 11.6. The van der Waals surface area contributed by atoms with Gasteiger partial charge in [-0.05, 0) is 58.5 Å². The Hall–Kier alpha value is -2.15. The van der Waals surface area contributed by atoms with Gasteiger partial charge in [0.25, 0.3) is 5.91 Å². The molecule has 0 bridgehead atoms. The zero-order chi connectivity index (χ0) is 15.6. The molecule has 0 aliphatic heterocycles. The number of hydrogen-bond acceptors (Lipinski definition) is 3. The highest BCUT2D eigenvalue weighted by Gasteiger charge is 1.98. The van der Waals surface area contributed by atoms with Crippen molar-refractivity contribution in [3.05, 3.63) is 69.8 Å². The Labute approximate surface area is 143 Å². The monoisotopic (exact) mass is 405 g/mol. The predicted molar refractivity (Wildman–Crippen MR) is 99.8 cm³/mol. The summed E-state index contributed by atoms with van der Waals surface area (Å²) in [4.78, 5) is 11.6. The van der Waals surface area contributed by atoms with Gasteiger partial charge in [0.05, 0.1) is 6.54 Å². The van der Waals surface area contributed by atoms with E-state index in [1.807, 2.05) is 60.7 Å². The Morgan fingerprint density at radius 2 is 1.82 bits per heavy atom. The minimum atomic E-state index is -0.192. The smallest absolute Gasteiger partial charge is 0.259 e. The van der Waals surface area contributed by atoms with Crippen LogP contribution >= 0.6 is 22.6 Å². The van der Waals surface area contributed by atoms with Crippen molar-refractivity contribution in [2.75, 3.05) is 11.9 Å². The number of carbonyl (C=O) groups excluding carboxylic acids is 1. The molecular weight excluding hydrogens is 389 g/mol. The Morgan fingerprint density at radius 1 is 1.09 bits per heavy atom. The van der Waals surface area contributed by atoms with E-state index in [1.54, 1.807) is 12.3 Å². The van der Waals surface area contributed by atoms with Gasteiger partial charge in [0, 0.05) is 15.5 Å². The zero-order valence-electron chi connectivity index (χ0n) is 11.9. The van der Waals surface area contributed by atoms with Gasteiger partial charge >= 0.3 is 0 Å². The SMILES string of the molecule is O=C(CNc1ccc(I)cc1)NN=CC=Cc1ccccc1. The fourth-order valence-electron chi connectivity index (χ4n) is 1.66. The number of hydrogen-bond donors (Lipinski definition) is 2. The average molecular weight is 405 g/mol. The van der Waals surface area contributed by atoms with Crippen molar-refractivity contribution in [2.45, 2.75) is 0 Å². The number of rotatable bonds is 6. The first-order chi connectivity index (χ1) is 10.7. The molecule has 0 atom stereocenters. The zero-order valence-corrected chi connectivity index (χ0v) is 14.0. The van der Waals surface area contributed by atoms with Crippen LogP contribution in [0.15, 0.2) is 65.8 Å². The van der Waals surface area contributed by atoms with E-state index in [9.17, 15) is 4.79 Å². The molecule has 0 spiro atoms. The lowest BCUT2D eigenvalue weighted by Crippen LogP contribution is -2.25. The molecule has 2 N–H and O–H groups in total. The fourth-order valence-corrected chi connectivity index (χ4v) is 2.02. The van der Waals surface area contributed by atoms with Crippen LogP contribution in [0.5, 0.6) is 0 Å². The van der Waals surface area contributed by atoms with E-state index in [2.05, 4.69) is 38.4 Å². The first-order valence-electron chi connectivity index (χ1n) is 6.77. The molecule has 0 saturated heterocycles. The van der Waals surface area contributed by atoms with Crippen molar-refractivity contribution in [3.8, 4) is 0 Å². The lowest BCUT2D eigenvalue weighted by molar-refractivity contribution is -0.119.